The molecule has 0 aromatic heterocycles. The molecule has 0 aliphatic heterocycles. The minimum Gasteiger partial charge on any atom is -0.478 e. The van der Waals surface area contributed by atoms with Crippen molar-refractivity contribution in [1.29, 1.82) is 0 Å². The molecular weight excluding hydrogens is 194 g/mol. The van der Waals surface area contributed by atoms with Crippen molar-refractivity contribution in [3.05, 3.63) is 29.8 Å². The van der Waals surface area contributed by atoms with Crippen LogP contribution < -0.4 is 5.32 Å². The molecule has 0 fully saturated rings. The molecule has 0 saturated heterocycles. The first kappa shape index (κ1) is 11.5. The molecule has 0 saturated carbocycles. The van der Waals surface area contributed by atoms with Crippen molar-refractivity contribution in [3.8, 4) is 0 Å². The zero-order valence-corrected chi connectivity index (χ0v) is 8.86. The summed E-state index contributed by atoms with van der Waals surface area (Å²) < 4.78 is 5.08. The van der Waals surface area contributed by atoms with Crippen molar-refractivity contribution in [1.82, 2.24) is 0 Å². The minimum absolute atomic E-state index is 0.129. The van der Waals surface area contributed by atoms with Crippen molar-refractivity contribution >= 4 is 11.7 Å². The molecule has 0 aliphatic carbocycles. The maximum Gasteiger partial charge on any atom is 0.335 e. The summed E-state index contributed by atoms with van der Waals surface area (Å²) in [7, 11) is 1.65. The Morgan fingerprint density at radius 2 is 2.07 bits per heavy atom. The highest BCUT2D eigenvalue weighted by Gasteiger charge is 2.02. The van der Waals surface area contributed by atoms with Gasteiger partial charge in [-0.3, -0.25) is 0 Å². The summed E-state index contributed by atoms with van der Waals surface area (Å²) >= 11 is 0. The van der Waals surface area contributed by atoms with E-state index in [0.717, 1.165) is 5.69 Å². The molecule has 4 heteroatoms. The fourth-order valence-corrected chi connectivity index (χ4v) is 1.08. The van der Waals surface area contributed by atoms with Crippen molar-refractivity contribution in [3.63, 3.8) is 0 Å². The van der Waals surface area contributed by atoms with Crippen LogP contribution in [0.3, 0.4) is 0 Å². The highest BCUT2D eigenvalue weighted by atomic mass is 16.5. The van der Waals surface area contributed by atoms with Crippen LogP contribution in [0.5, 0.6) is 0 Å². The highest BCUT2D eigenvalue weighted by molar-refractivity contribution is 5.87. The Morgan fingerprint density at radius 3 is 2.53 bits per heavy atom. The number of nitrogens with one attached hydrogen (secondary N) is 1. The number of hydrogen-bond donors (Lipinski definition) is 2. The third kappa shape index (κ3) is 3.59. The first-order valence-electron chi connectivity index (χ1n) is 4.73. The molecule has 82 valence electrons. The molecule has 1 atom stereocenters. The van der Waals surface area contributed by atoms with Gasteiger partial charge in [-0.15, -0.1) is 0 Å². The number of hydrogen-bond acceptors (Lipinski definition) is 3. The van der Waals surface area contributed by atoms with E-state index in [9.17, 15) is 4.79 Å². The Balaban J connectivity index is 2.53. The molecule has 0 bridgehead atoms. The van der Waals surface area contributed by atoms with Crippen molar-refractivity contribution < 1.29 is 14.6 Å². The maximum absolute atomic E-state index is 10.6. The van der Waals surface area contributed by atoms with Gasteiger partial charge in [0.05, 0.1) is 11.7 Å². The number of carbonyl (C=O) groups is 1. The molecule has 15 heavy (non-hydrogen) atoms. The number of aromatic carboxylic acids is 1. The third-order valence-corrected chi connectivity index (χ3v) is 2.13. The Kier molecular flexibility index (Phi) is 4.12. The topological polar surface area (TPSA) is 58.6 Å². The largest absolute Gasteiger partial charge is 0.478 e. The van der Waals surface area contributed by atoms with Gasteiger partial charge in [-0.25, -0.2) is 4.79 Å². The van der Waals surface area contributed by atoms with E-state index in [1.165, 1.54) is 0 Å². The van der Waals surface area contributed by atoms with Crippen LogP contribution in [0.25, 0.3) is 0 Å². The lowest BCUT2D eigenvalue weighted by molar-refractivity contribution is 0.0697. The Morgan fingerprint density at radius 1 is 1.47 bits per heavy atom. The maximum atomic E-state index is 10.6. The first-order chi connectivity index (χ1) is 7.13. The lowest BCUT2D eigenvalue weighted by Crippen LogP contribution is -2.17. The average Bonchev–Trinajstić information content (AvgIpc) is 2.26. The van der Waals surface area contributed by atoms with Gasteiger partial charge in [0, 0.05) is 19.3 Å². The number of carboxylic acids is 1. The molecule has 1 unspecified atom stereocenters. The first-order valence-corrected chi connectivity index (χ1v) is 4.73. The molecule has 1 aromatic carbocycles. The van der Waals surface area contributed by atoms with Crippen molar-refractivity contribution in [2.75, 3.05) is 19.0 Å². The molecule has 0 radical (unpaired) electrons. The van der Waals surface area contributed by atoms with Crippen molar-refractivity contribution in [2.45, 2.75) is 13.0 Å². The van der Waals surface area contributed by atoms with Crippen LogP contribution in [0.1, 0.15) is 17.3 Å². The van der Waals surface area contributed by atoms with Crippen LogP contribution >= 0.6 is 0 Å². The van der Waals surface area contributed by atoms with Gasteiger partial charge in [0.15, 0.2) is 0 Å². The second kappa shape index (κ2) is 5.36. The number of methoxy groups -OCH3 is 1. The molecule has 1 rings (SSSR count). The van der Waals surface area contributed by atoms with Gasteiger partial charge in [-0.1, -0.05) is 0 Å². The van der Waals surface area contributed by atoms with E-state index < -0.39 is 5.97 Å². The summed E-state index contributed by atoms with van der Waals surface area (Å²) in [4.78, 5) is 10.6. The number of benzene rings is 1. The van der Waals surface area contributed by atoms with E-state index >= 15 is 0 Å². The molecule has 2 N–H and O–H groups in total. The molecule has 1 aromatic rings. The number of ether oxygens (including phenoxy) is 1. The SMILES string of the molecule is COC(C)CNc1ccc(C(=O)O)cc1. The molecule has 0 aliphatic rings. The third-order valence-electron chi connectivity index (χ3n) is 2.13. The van der Waals surface area contributed by atoms with E-state index in [1.807, 2.05) is 6.92 Å². The van der Waals surface area contributed by atoms with Gasteiger partial charge in [-0.05, 0) is 31.2 Å². The van der Waals surface area contributed by atoms with E-state index in [1.54, 1.807) is 31.4 Å². The summed E-state index contributed by atoms with van der Waals surface area (Å²) in [5.74, 6) is -0.910. The minimum atomic E-state index is -0.910. The van der Waals surface area contributed by atoms with Gasteiger partial charge in [0.25, 0.3) is 0 Å². The predicted octanol–water partition coefficient (Wildman–Crippen LogP) is 1.83. The Hall–Kier alpha value is -1.55. The van der Waals surface area contributed by atoms with Gasteiger partial charge >= 0.3 is 5.97 Å². The number of carboxylic acid groups (broad SMARTS) is 1. The highest BCUT2D eigenvalue weighted by Crippen LogP contribution is 2.09. The monoisotopic (exact) mass is 209 g/mol. The fraction of sp³-hybridized carbons (Fsp3) is 0.364. The van der Waals surface area contributed by atoms with Crippen LogP contribution in [0, 0.1) is 0 Å². The smallest absolute Gasteiger partial charge is 0.335 e. The molecule has 4 nitrogen and oxygen atoms in total. The molecular formula is C11H15NO3. The summed E-state index contributed by atoms with van der Waals surface area (Å²) in [6.07, 6.45) is 0.129. The van der Waals surface area contributed by atoms with Crippen molar-refractivity contribution in [2.24, 2.45) is 0 Å². The van der Waals surface area contributed by atoms with E-state index in [-0.39, 0.29) is 6.10 Å². The summed E-state index contributed by atoms with van der Waals surface area (Å²) in [6, 6.07) is 6.63. The lowest BCUT2D eigenvalue weighted by atomic mass is 10.2. The van der Waals surface area contributed by atoms with Gasteiger partial charge in [0.2, 0.25) is 0 Å². The molecule has 0 spiro atoms. The number of rotatable bonds is 5. The zero-order valence-electron chi connectivity index (χ0n) is 8.86. The quantitative estimate of drug-likeness (QED) is 0.776. The van der Waals surface area contributed by atoms with Crippen LogP contribution in [-0.4, -0.2) is 30.8 Å². The van der Waals surface area contributed by atoms with Crippen LogP contribution in [0.4, 0.5) is 5.69 Å². The Bertz CT molecular complexity index is 321. The number of anilines is 1. The fourth-order valence-electron chi connectivity index (χ4n) is 1.08. The second-order valence-corrected chi connectivity index (χ2v) is 3.31. The Labute approximate surface area is 88.9 Å². The van der Waals surface area contributed by atoms with Crippen LogP contribution in [0.15, 0.2) is 24.3 Å². The van der Waals surface area contributed by atoms with E-state index in [2.05, 4.69) is 5.32 Å². The average molecular weight is 209 g/mol. The van der Waals surface area contributed by atoms with Crippen LogP contribution in [-0.2, 0) is 4.74 Å². The van der Waals surface area contributed by atoms with Crippen LogP contribution in [0.2, 0.25) is 0 Å². The molecule has 0 amide bonds. The van der Waals surface area contributed by atoms with E-state index in [0.29, 0.717) is 12.1 Å². The van der Waals surface area contributed by atoms with Gasteiger partial charge in [0.1, 0.15) is 0 Å². The lowest BCUT2D eigenvalue weighted by Gasteiger charge is -2.11. The van der Waals surface area contributed by atoms with Gasteiger partial charge in [-0.2, -0.15) is 0 Å². The molecule has 0 heterocycles. The zero-order chi connectivity index (χ0) is 11.3. The van der Waals surface area contributed by atoms with E-state index in [4.69, 9.17) is 9.84 Å². The normalized spacial score (nSPS) is 12.1. The van der Waals surface area contributed by atoms with Gasteiger partial charge < -0.3 is 15.2 Å². The second-order valence-electron chi connectivity index (χ2n) is 3.31. The summed E-state index contributed by atoms with van der Waals surface area (Å²) in [5, 5.41) is 11.8. The summed E-state index contributed by atoms with van der Waals surface area (Å²) in [6.45, 7) is 2.65. The summed E-state index contributed by atoms with van der Waals surface area (Å²) in [5.41, 5.74) is 1.18. The predicted molar refractivity (Wildman–Crippen MR) is 58.4 cm³/mol. The standard InChI is InChI=1S/C11H15NO3/c1-8(15-2)7-12-10-5-3-9(4-6-10)11(13)14/h3-6,8,12H,7H2,1-2H3,(H,13,14).